The molecule has 0 spiro atoms. The molecule has 2 aromatic rings. The Labute approximate surface area is 116 Å². The lowest BCUT2D eigenvalue weighted by Gasteiger charge is -2.07. The van der Waals surface area contributed by atoms with Crippen molar-refractivity contribution in [3.05, 3.63) is 40.9 Å². The highest BCUT2D eigenvalue weighted by Gasteiger charge is 2.18. The van der Waals surface area contributed by atoms with Gasteiger partial charge in [-0.1, -0.05) is 6.07 Å². The van der Waals surface area contributed by atoms with E-state index < -0.39 is 10.0 Å². The van der Waals surface area contributed by atoms with Crippen molar-refractivity contribution in [1.82, 2.24) is 4.98 Å². The summed E-state index contributed by atoms with van der Waals surface area (Å²) in [6.45, 7) is 2.31. The van der Waals surface area contributed by atoms with Gasteiger partial charge in [0.15, 0.2) is 0 Å². The zero-order chi connectivity index (χ0) is 13.9. The minimum Gasteiger partial charge on any atom is -0.330 e. The van der Waals surface area contributed by atoms with Crippen LogP contribution in [0.15, 0.2) is 34.7 Å². The number of anilines is 1. The fraction of sp³-hybridized carbons (Fsp3) is 0.250. The lowest BCUT2D eigenvalue weighted by atomic mass is 10.3. The molecule has 0 aliphatic carbocycles. The summed E-state index contributed by atoms with van der Waals surface area (Å²) < 4.78 is 27.2. The molecule has 0 saturated carbocycles. The van der Waals surface area contributed by atoms with Crippen molar-refractivity contribution in [2.24, 2.45) is 5.73 Å². The van der Waals surface area contributed by atoms with Crippen LogP contribution in [0, 0.1) is 6.92 Å². The maximum atomic E-state index is 12.2. The van der Waals surface area contributed by atoms with E-state index >= 15 is 0 Å². The van der Waals surface area contributed by atoms with Gasteiger partial charge in [-0.2, -0.15) is 0 Å². The molecule has 102 valence electrons. The Bertz CT molecular complexity index is 665. The van der Waals surface area contributed by atoms with Gasteiger partial charge in [0.25, 0.3) is 10.0 Å². The molecule has 3 N–H and O–H groups in total. The molecule has 2 rings (SSSR count). The topological polar surface area (TPSA) is 85.1 Å². The lowest BCUT2D eigenvalue weighted by Crippen LogP contribution is -2.13. The van der Waals surface area contributed by atoms with Crippen molar-refractivity contribution in [2.45, 2.75) is 17.6 Å². The van der Waals surface area contributed by atoms with Crippen LogP contribution in [0.25, 0.3) is 0 Å². The molecule has 19 heavy (non-hydrogen) atoms. The molecule has 0 amide bonds. The number of aryl methyl sites for hydroxylation is 1. The molecule has 0 bridgehead atoms. The minimum absolute atomic E-state index is 0.279. The Morgan fingerprint density at radius 1 is 1.37 bits per heavy atom. The van der Waals surface area contributed by atoms with Gasteiger partial charge in [-0.05, 0) is 43.7 Å². The number of nitrogens with one attached hydrogen (secondary N) is 1. The number of thiophene rings is 1. The second-order valence-corrected chi connectivity index (χ2v) is 7.11. The number of hydrogen-bond acceptors (Lipinski definition) is 5. The number of aromatic nitrogens is 1. The predicted molar refractivity (Wildman–Crippen MR) is 76.9 cm³/mol. The van der Waals surface area contributed by atoms with E-state index in [1.165, 1.54) is 11.3 Å². The molecule has 2 aromatic heterocycles. The summed E-state index contributed by atoms with van der Waals surface area (Å²) in [5.41, 5.74) is 6.24. The van der Waals surface area contributed by atoms with Crippen LogP contribution in [0.5, 0.6) is 0 Å². The lowest BCUT2D eigenvalue weighted by molar-refractivity contribution is 0.603. The van der Waals surface area contributed by atoms with E-state index in [2.05, 4.69) is 9.71 Å². The van der Waals surface area contributed by atoms with E-state index in [9.17, 15) is 8.42 Å². The highest BCUT2D eigenvalue weighted by molar-refractivity contribution is 7.94. The normalized spacial score (nSPS) is 11.5. The first kappa shape index (κ1) is 14.0. The Balaban J connectivity index is 2.25. The molecule has 0 fully saturated rings. The molecule has 2 heterocycles. The van der Waals surface area contributed by atoms with Gasteiger partial charge in [0.1, 0.15) is 10.0 Å². The molecule has 0 radical (unpaired) electrons. The highest BCUT2D eigenvalue weighted by Crippen LogP contribution is 2.24. The maximum absolute atomic E-state index is 12.2. The zero-order valence-corrected chi connectivity index (χ0v) is 12.1. The largest absolute Gasteiger partial charge is 0.330 e. The average molecular weight is 297 g/mol. The van der Waals surface area contributed by atoms with Gasteiger partial charge in [0.05, 0.1) is 0 Å². The number of hydrogen-bond donors (Lipinski definition) is 2. The van der Waals surface area contributed by atoms with E-state index in [0.29, 0.717) is 18.8 Å². The van der Waals surface area contributed by atoms with Crippen LogP contribution in [0.3, 0.4) is 0 Å². The van der Waals surface area contributed by atoms with E-state index in [-0.39, 0.29) is 4.21 Å². The summed E-state index contributed by atoms with van der Waals surface area (Å²) in [6.07, 6.45) is 2.24. The third-order valence-corrected chi connectivity index (χ3v) is 5.51. The van der Waals surface area contributed by atoms with Crippen LogP contribution in [-0.4, -0.2) is 19.9 Å². The molecule has 0 aromatic carbocycles. The monoisotopic (exact) mass is 297 g/mol. The third-order valence-electron chi connectivity index (χ3n) is 2.53. The molecule has 0 aliphatic heterocycles. The van der Waals surface area contributed by atoms with Gasteiger partial charge in [0.2, 0.25) is 0 Å². The smallest absolute Gasteiger partial charge is 0.272 e. The Morgan fingerprint density at radius 3 is 2.84 bits per heavy atom. The van der Waals surface area contributed by atoms with Gasteiger partial charge in [-0.15, -0.1) is 11.3 Å². The van der Waals surface area contributed by atoms with Gasteiger partial charge in [-0.3, -0.25) is 4.72 Å². The van der Waals surface area contributed by atoms with Gasteiger partial charge in [0, 0.05) is 11.1 Å². The summed E-state index contributed by atoms with van der Waals surface area (Å²) in [5, 5.41) is 0. The molecular weight excluding hydrogens is 282 g/mol. The molecule has 0 aliphatic rings. The van der Waals surface area contributed by atoms with Crippen LogP contribution in [0.2, 0.25) is 0 Å². The number of pyridine rings is 1. The summed E-state index contributed by atoms with van der Waals surface area (Å²) >= 11 is 1.23. The summed E-state index contributed by atoms with van der Waals surface area (Å²) in [6, 6.07) is 6.95. The SMILES string of the molecule is Cc1cccnc1NS(=O)(=O)c1ccc(CCN)s1. The fourth-order valence-corrected chi connectivity index (χ4v) is 4.00. The Hall–Kier alpha value is -1.44. The second kappa shape index (κ2) is 5.68. The average Bonchev–Trinajstić information content (AvgIpc) is 2.82. The molecule has 7 heteroatoms. The Morgan fingerprint density at radius 2 is 2.16 bits per heavy atom. The van der Waals surface area contributed by atoms with Crippen molar-refractivity contribution < 1.29 is 8.42 Å². The van der Waals surface area contributed by atoms with Crippen LogP contribution in [0.1, 0.15) is 10.4 Å². The van der Waals surface area contributed by atoms with Crippen LogP contribution in [-0.2, 0) is 16.4 Å². The van der Waals surface area contributed by atoms with Gasteiger partial charge >= 0.3 is 0 Å². The van der Waals surface area contributed by atoms with E-state index in [0.717, 1.165) is 10.4 Å². The number of nitrogens with zero attached hydrogens (tertiary/aromatic N) is 1. The van der Waals surface area contributed by atoms with Crippen molar-refractivity contribution >= 4 is 27.2 Å². The first-order chi connectivity index (χ1) is 9.03. The van der Waals surface area contributed by atoms with Gasteiger partial charge < -0.3 is 5.73 Å². The Kier molecular flexibility index (Phi) is 4.18. The number of nitrogens with two attached hydrogens (primary N) is 1. The molecule has 0 saturated heterocycles. The van der Waals surface area contributed by atoms with Crippen molar-refractivity contribution in [2.75, 3.05) is 11.3 Å². The van der Waals surface area contributed by atoms with E-state index in [4.69, 9.17) is 5.73 Å². The quantitative estimate of drug-likeness (QED) is 0.880. The van der Waals surface area contributed by atoms with E-state index in [1.807, 2.05) is 0 Å². The molecule has 5 nitrogen and oxygen atoms in total. The third kappa shape index (κ3) is 3.31. The van der Waals surface area contributed by atoms with Crippen molar-refractivity contribution in [1.29, 1.82) is 0 Å². The van der Waals surface area contributed by atoms with Crippen LogP contribution >= 0.6 is 11.3 Å². The van der Waals surface area contributed by atoms with E-state index in [1.54, 1.807) is 37.4 Å². The number of rotatable bonds is 5. The summed E-state index contributed by atoms with van der Waals surface area (Å²) in [5.74, 6) is 0.358. The standard InChI is InChI=1S/C12H15N3O2S2/c1-9-3-2-8-14-12(9)15-19(16,17)11-5-4-10(18-11)6-7-13/h2-5,8H,6-7,13H2,1H3,(H,14,15). The maximum Gasteiger partial charge on any atom is 0.272 e. The summed E-state index contributed by atoms with van der Waals surface area (Å²) in [7, 11) is -3.57. The second-order valence-electron chi connectivity index (χ2n) is 4.03. The minimum atomic E-state index is -3.57. The van der Waals surface area contributed by atoms with Crippen molar-refractivity contribution in [3.63, 3.8) is 0 Å². The van der Waals surface area contributed by atoms with Gasteiger partial charge in [-0.25, -0.2) is 13.4 Å². The molecular formula is C12H15N3O2S2. The molecule has 0 atom stereocenters. The first-order valence-corrected chi connectivity index (χ1v) is 8.06. The van der Waals surface area contributed by atoms with Crippen LogP contribution < -0.4 is 10.5 Å². The number of sulfonamides is 1. The zero-order valence-electron chi connectivity index (χ0n) is 10.5. The first-order valence-electron chi connectivity index (χ1n) is 5.76. The predicted octanol–water partition coefficient (Wildman–Crippen LogP) is 1.75. The van der Waals surface area contributed by atoms with Crippen molar-refractivity contribution in [3.8, 4) is 0 Å². The summed E-state index contributed by atoms with van der Waals surface area (Å²) in [4.78, 5) is 4.99. The fourth-order valence-electron chi connectivity index (χ4n) is 1.55. The molecule has 0 unspecified atom stereocenters. The van der Waals surface area contributed by atoms with Crippen LogP contribution in [0.4, 0.5) is 5.82 Å². The highest BCUT2D eigenvalue weighted by atomic mass is 32.2.